The summed E-state index contributed by atoms with van der Waals surface area (Å²) in [6.07, 6.45) is 3.42. The second kappa shape index (κ2) is 5.63. The van der Waals surface area contributed by atoms with E-state index in [-0.39, 0.29) is 11.9 Å². The third-order valence-electron chi connectivity index (χ3n) is 2.85. The molecule has 0 saturated carbocycles. The van der Waals surface area contributed by atoms with Gasteiger partial charge in [-0.25, -0.2) is 4.98 Å². The molecule has 1 aliphatic rings. The van der Waals surface area contributed by atoms with Gasteiger partial charge in [0, 0.05) is 32.5 Å². The summed E-state index contributed by atoms with van der Waals surface area (Å²) < 4.78 is 5.26. The first-order chi connectivity index (χ1) is 8.31. The molecule has 0 aromatic carbocycles. The zero-order chi connectivity index (χ0) is 12.1. The SMILES string of the molecule is CNc1ncccc1C(=O)NC1CCOCC1. The van der Waals surface area contributed by atoms with Gasteiger partial charge in [0.2, 0.25) is 0 Å². The summed E-state index contributed by atoms with van der Waals surface area (Å²) in [6.45, 7) is 1.44. The van der Waals surface area contributed by atoms with E-state index in [2.05, 4.69) is 15.6 Å². The van der Waals surface area contributed by atoms with Gasteiger partial charge in [0.05, 0.1) is 5.56 Å². The smallest absolute Gasteiger partial charge is 0.255 e. The monoisotopic (exact) mass is 235 g/mol. The molecule has 1 fully saturated rings. The molecule has 1 aromatic heterocycles. The summed E-state index contributed by atoms with van der Waals surface area (Å²) >= 11 is 0. The van der Waals surface area contributed by atoms with Crippen molar-refractivity contribution in [1.82, 2.24) is 10.3 Å². The molecule has 1 aromatic rings. The number of aromatic nitrogens is 1. The molecular formula is C12H17N3O2. The number of anilines is 1. The zero-order valence-corrected chi connectivity index (χ0v) is 9.90. The highest BCUT2D eigenvalue weighted by atomic mass is 16.5. The Kier molecular flexibility index (Phi) is 3.93. The Hall–Kier alpha value is -1.62. The fraction of sp³-hybridized carbons (Fsp3) is 0.500. The van der Waals surface area contributed by atoms with Gasteiger partial charge in [-0.15, -0.1) is 0 Å². The number of carbonyl (C=O) groups excluding carboxylic acids is 1. The van der Waals surface area contributed by atoms with Crippen LogP contribution in [0.25, 0.3) is 0 Å². The normalized spacial score (nSPS) is 16.5. The van der Waals surface area contributed by atoms with Gasteiger partial charge in [-0.1, -0.05) is 0 Å². The summed E-state index contributed by atoms with van der Waals surface area (Å²) in [4.78, 5) is 16.2. The maximum Gasteiger partial charge on any atom is 0.255 e. The lowest BCUT2D eigenvalue weighted by Crippen LogP contribution is -2.39. The molecule has 0 radical (unpaired) electrons. The zero-order valence-electron chi connectivity index (χ0n) is 9.90. The molecule has 0 spiro atoms. The van der Waals surface area contributed by atoms with E-state index in [9.17, 15) is 4.79 Å². The molecule has 1 aliphatic heterocycles. The summed E-state index contributed by atoms with van der Waals surface area (Å²) in [7, 11) is 1.76. The maximum absolute atomic E-state index is 12.1. The highest BCUT2D eigenvalue weighted by Crippen LogP contribution is 2.12. The Labute approximate surface area is 101 Å². The van der Waals surface area contributed by atoms with E-state index in [1.165, 1.54) is 0 Å². The van der Waals surface area contributed by atoms with E-state index in [1.807, 2.05) is 0 Å². The molecule has 1 amide bonds. The fourth-order valence-corrected chi connectivity index (χ4v) is 1.89. The van der Waals surface area contributed by atoms with Crippen molar-refractivity contribution < 1.29 is 9.53 Å². The van der Waals surface area contributed by atoms with Crippen molar-refractivity contribution in [2.75, 3.05) is 25.6 Å². The van der Waals surface area contributed by atoms with Crippen molar-refractivity contribution in [1.29, 1.82) is 0 Å². The average molecular weight is 235 g/mol. The number of hydrogen-bond donors (Lipinski definition) is 2. The number of carbonyl (C=O) groups is 1. The number of amides is 1. The Morgan fingerprint density at radius 2 is 2.24 bits per heavy atom. The number of hydrogen-bond acceptors (Lipinski definition) is 4. The maximum atomic E-state index is 12.1. The van der Waals surface area contributed by atoms with Crippen molar-refractivity contribution in [3.8, 4) is 0 Å². The second-order valence-corrected chi connectivity index (χ2v) is 4.01. The highest BCUT2D eigenvalue weighted by Gasteiger charge is 2.18. The quantitative estimate of drug-likeness (QED) is 0.821. The molecule has 0 aliphatic carbocycles. The van der Waals surface area contributed by atoms with Crippen LogP contribution >= 0.6 is 0 Å². The summed E-state index contributed by atoms with van der Waals surface area (Å²) in [5.74, 6) is 0.534. The minimum absolute atomic E-state index is 0.0747. The third kappa shape index (κ3) is 2.94. The van der Waals surface area contributed by atoms with Crippen LogP contribution in [-0.4, -0.2) is 37.2 Å². The average Bonchev–Trinajstić information content (AvgIpc) is 2.40. The van der Waals surface area contributed by atoms with Gasteiger partial charge in [0.1, 0.15) is 5.82 Å². The molecule has 1 saturated heterocycles. The number of ether oxygens (including phenoxy) is 1. The van der Waals surface area contributed by atoms with Gasteiger partial charge in [-0.3, -0.25) is 4.79 Å². The lowest BCUT2D eigenvalue weighted by molar-refractivity contribution is 0.0697. The van der Waals surface area contributed by atoms with Crippen LogP contribution in [0.1, 0.15) is 23.2 Å². The minimum atomic E-state index is -0.0747. The van der Waals surface area contributed by atoms with Crippen LogP contribution in [0.4, 0.5) is 5.82 Å². The molecule has 0 atom stereocenters. The number of rotatable bonds is 3. The van der Waals surface area contributed by atoms with Gasteiger partial charge < -0.3 is 15.4 Å². The van der Waals surface area contributed by atoms with Gasteiger partial charge in [0.15, 0.2) is 0 Å². The van der Waals surface area contributed by atoms with Gasteiger partial charge >= 0.3 is 0 Å². The minimum Gasteiger partial charge on any atom is -0.381 e. The summed E-state index contributed by atoms with van der Waals surface area (Å²) in [5.41, 5.74) is 0.585. The van der Waals surface area contributed by atoms with Crippen LogP contribution in [0.3, 0.4) is 0 Å². The Morgan fingerprint density at radius 1 is 1.47 bits per heavy atom. The number of pyridine rings is 1. The van der Waals surface area contributed by atoms with E-state index < -0.39 is 0 Å². The van der Waals surface area contributed by atoms with Crippen LogP contribution in [0.5, 0.6) is 0 Å². The Balaban J connectivity index is 2.03. The van der Waals surface area contributed by atoms with Crippen LogP contribution in [-0.2, 0) is 4.74 Å². The van der Waals surface area contributed by atoms with Gasteiger partial charge in [0.25, 0.3) is 5.91 Å². The Bertz CT molecular complexity index is 389. The molecule has 17 heavy (non-hydrogen) atoms. The third-order valence-corrected chi connectivity index (χ3v) is 2.85. The lowest BCUT2D eigenvalue weighted by Gasteiger charge is -2.23. The van der Waals surface area contributed by atoms with E-state index in [1.54, 1.807) is 25.4 Å². The molecular weight excluding hydrogens is 218 g/mol. The van der Waals surface area contributed by atoms with E-state index in [0.717, 1.165) is 26.1 Å². The van der Waals surface area contributed by atoms with E-state index in [4.69, 9.17) is 4.74 Å². The van der Waals surface area contributed by atoms with Crippen molar-refractivity contribution in [3.63, 3.8) is 0 Å². The number of nitrogens with zero attached hydrogens (tertiary/aromatic N) is 1. The van der Waals surface area contributed by atoms with Crippen molar-refractivity contribution in [3.05, 3.63) is 23.9 Å². The lowest BCUT2D eigenvalue weighted by atomic mass is 10.1. The number of nitrogens with one attached hydrogen (secondary N) is 2. The first-order valence-electron chi connectivity index (χ1n) is 5.82. The molecule has 0 bridgehead atoms. The van der Waals surface area contributed by atoms with E-state index >= 15 is 0 Å². The first kappa shape index (κ1) is 11.9. The van der Waals surface area contributed by atoms with Gasteiger partial charge in [-0.05, 0) is 25.0 Å². The van der Waals surface area contributed by atoms with Crippen molar-refractivity contribution in [2.45, 2.75) is 18.9 Å². The van der Waals surface area contributed by atoms with Crippen molar-refractivity contribution >= 4 is 11.7 Å². The predicted molar refractivity (Wildman–Crippen MR) is 65.1 cm³/mol. The van der Waals surface area contributed by atoms with Crippen molar-refractivity contribution in [2.24, 2.45) is 0 Å². The molecule has 92 valence electrons. The molecule has 2 rings (SSSR count). The van der Waals surface area contributed by atoms with Crippen LogP contribution < -0.4 is 10.6 Å². The molecule has 2 N–H and O–H groups in total. The molecule has 2 heterocycles. The van der Waals surface area contributed by atoms with E-state index in [0.29, 0.717) is 11.4 Å². The Morgan fingerprint density at radius 3 is 2.94 bits per heavy atom. The largest absolute Gasteiger partial charge is 0.381 e. The van der Waals surface area contributed by atoms with Crippen LogP contribution in [0.15, 0.2) is 18.3 Å². The van der Waals surface area contributed by atoms with Crippen LogP contribution in [0, 0.1) is 0 Å². The summed E-state index contributed by atoms with van der Waals surface area (Å²) in [5, 5.41) is 5.93. The highest BCUT2D eigenvalue weighted by molar-refractivity contribution is 5.98. The standard InChI is InChI=1S/C12H17N3O2/c1-13-11-10(3-2-6-14-11)12(16)15-9-4-7-17-8-5-9/h2-3,6,9H,4-5,7-8H2,1H3,(H,13,14)(H,15,16). The fourth-order valence-electron chi connectivity index (χ4n) is 1.89. The molecule has 5 nitrogen and oxygen atoms in total. The van der Waals surface area contributed by atoms with Crippen LogP contribution in [0.2, 0.25) is 0 Å². The predicted octanol–water partition coefficient (Wildman–Crippen LogP) is 1.03. The first-order valence-corrected chi connectivity index (χ1v) is 5.82. The second-order valence-electron chi connectivity index (χ2n) is 4.01. The molecule has 0 unspecified atom stereocenters. The molecule has 5 heteroatoms. The summed E-state index contributed by atoms with van der Waals surface area (Å²) in [6, 6.07) is 3.74. The van der Waals surface area contributed by atoms with Gasteiger partial charge in [-0.2, -0.15) is 0 Å². The topological polar surface area (TPSA) is 63.2 Å².